The lowest BCUT2D eigenvalue weighted by Crippen LogP contribution is -2.39. The second kappa shape index (κ2) is 19.3. The summed E-state index contributed by atoms with van der Waals surface area (Å²) in [5.74, 6) is -1.85. The van der Waals surface area contributed by atoms with Crippen molar-refractivity contribution in [2.45, 2.75) is 99.4 Å². The molecular weight excluding hydrogens is 931 g/mol. The molecule has 17 nitrogen and oxygen atoms in total. The van der Waals surface area contributed by atoms with Gasteiger partial charge in [-0.1, -0.05) is 45.9 Å². The Morgan fingerprint density at radius 1 is 0.875 bits per heavy atom. The van der Waals surface area contributed by atoms with Gasteiger partial charge in [-0.15, -0.1) is 11.8 Å². The molecule has 0 aliphatic carbocycles. The van der Waals surface area contributed by atoms with Gasteiger partial charge in [-0.3, -0.25) is 32.9 Å². The Morgan fingerprint density at radius 3 is 2.08 bits per heavy atom. The molecule has 3 aliphatic heterocycles. The highest BCUT2D eigenvalue weighted by molar-refractivity contribution is 8.03. The highest BCUT2D eigenvalue weighted by Crippen LogP contribution is 2.50. The molecule has 2 bridgehead atoms. The van der Waals surface area contributed by atoms with E-state index in [1.165, 1.54) is 42.1 Å². The molecule has 2 aromatic carbocycles. The standard InChI is InChI=1S/C42H55N3O14S5/c1-27-9-10-28(63(54,55)56)25-32(27)41(2,3)37(43-20-7-23-61(48,49)50)17-12-30-34-15-16-35(44(34)6)31(40(30)60-22-19-39(46)47)13-18-38-42(4,5)33-26-29(64(57,58)59)11-14-36(33)45(38)21-8-24-62(51,52)53/h9-14,17-18,25-26,34-35H,7-8,15-16,19-24H2,1-6H3,(H,46,47)(H,48,49,50)(H,51,52,53)(H,54,55,56)(H,57,58,59)/b17-12+,31-13+,38-18+,43-37?. The van der Waals surface area contributed by atoms with Gasteiger partial charge in [0.1, 0.15) is 0 Å². The summed E-state index contributed by atoms with van der Waals surface area (Å²) in [5, 5.41) is 9.65. The van der Waals surface area contributed by atoms with Crippen LogP contribution in [0.1, 0.15) is 76.5 Å². The van der Waals surface area contributed by atoms with Crippen molar-refractivity contribution in [3.05, 3.63) is 99.1 Å². The molecule has 5 rings (SSSR count). The first-order chi connectivity index (χ1) is 29.4. The maximum absolute atomic E-state index is 12.2. The Kier molecular flexibility index (Phi) is 15.4. The summed E-state index contributed by atoms with van der Waals surface area (Å²) < 4.78 is 134. The van der Waals surface area contributed by atoms with Crippen LogP contribution in [0.15, 0.2) is 97.2 Å². The van der Waals surface area contributed by atoms with Crippen LogP contribution in [0.3, 0.4) is 0 Å². The smallest absolute Gasteiger partial charge is 0.304 e. The zero-order chi connectivity index (χ0) is 47.8. The summed E-state index contributed by atoms with van der Waals surface area (Å²) in [7, 11) is -15.8. The Morgan fingerprint density at radius 2 is 1.47 bits per heavy atom. The van der Waals surface area contributed by atoms with Gasteiger partial charge in [0, 0.05) is 63.8 Å². The highest BCUT2D eigenvalue weighted by atomic mass is 32.2. The van der Waals surface area contributed by atoms with E-state index in [1.54, 1.807) is 19.1 Å². The van der Waals surface area contributed by atoms with E-state index in [4.69, 9.17) is 4.99 Å². The molecule has 3 aliphatic rings. The van der Waals surface area contributed by atoms with Gasteiger partial charge in [0.25, 0.3) is 40.5 Å². The number of rotatable bonds is 19. The van der Waals surface area contributed by atoms with Crippen LogP contribution in [0.25, 0.3) is 0 Å². The lowest BCUT2D eigenvalue weighted by molar-refractivity contribution is -0.136. The number of aliphatic carboxylic acids is 1. The lowest BCUT2D eigenvalue weighted by atomic mass is 9.77. The lowest BCUT2D eigenvalue weighted by Gasteiger charge is -2.36. The summed E-state index contributed by atoms with van der Waals surface area (Å²) in [4.78, 5) is 20.8. The van der Waals surface area contributed by atoms with Crippen LogP contribution in [0.2, 0.25) is 0 Å². The highest BCUT2D eigenvalue weighted by Gasteiger charge is 2.43. The van der Waals surface area contributed by atoms with E-state index >= 15 is 0 Å². The normalized spacial score (nSPS) is 21.2. The van der Waals surface area contributed by atoms with Crippen molar-refractivity contribution in [3.63, 3.8) is 0 Å². The van der Waals surface area contributed by atoms with Gasteiger partial charge >= 0.3 is 5.97 Å². The van der Waals surface area contributed by atoms with Gasteiger partial charge in [-0.05, 0) is 110 Å². The van der Waals surface area contributed by atoms with Crippen molar-refractivity contribution in [2.75, 3.05) is 42.3 Å². The number of aryl methyl sites for hydroxylation is 1. The van der Waals surface area contributed by atoms with E-state index in [-0.39, 0.29) is 60.0 Å². The molecule has 22 heteroatoms. The maximum Gasteiger partial charge on any atom is 0.304 e. The third kappa shape index (κ3) is 12.0. The van der Waals surface area contributed by atoms with Crippen LogP contribution in [0.5, 0.6) is 0 Å². The Balaban J connectivity index is 1.70. The number of hydrogen-bond donors (Lipinski definition) is 5. The number of anilines is 1. The van der Waals surface area contributed by atoms with Gasteiger partial charge in [-0.2, -0.15) is 33.7 Å². The molecule has 0 radical (unpaired) electrons. The molecule has 64 heavy (non-hydrogen) atoms. The van der Waals surface area contributed by atoms with E-state index in [1.807, 2.05) is 57.9 Å². The van der Waals surface area contributed by atoms with E-state index in [9.17, 15) is 61.8 Å². The molecule has 5 N–H and O–H groups in total. The average Bonchev–Trinajstić information content (AvgIpc) is 3.56. The molecule has 2 unspecified atom stereocenters. The van der Waals surface area contributed by atoms with Crippen molar-refractivity contribution in [3.8, 4) is 0 Å². The molecule has 1 fully saturated rings. The van der Waals surface area contributed by atoms with E-state index in [2.05, 4.69) is 4.90 Å². The van der Waals surface area contributed by atoms with Crippen molar-refractivity contribution in [1.82, 2.24) is 4.90 Å². The predicted octanol–water partition coefficient (Wildman–Crippen LogP) is 5.87. The largest absolute Gasteiger partial charge is 0.481 e. The number of carboxylic acid groups (broad SMARTS) is 1. The summed E-state index contributed by atoms with van der Waals surface area (Å²) in [6.07, 6.45) is 8.74. The SMILES string of the molecule is Cc1ccc(S(=O)(=O)O)cc1C(C)(C)C(/C=C/C1=C(SCCC(=O)O)C(=C/C=C2/N(CCCS(=O)(=O)O)c3ccc(S(=O)(=O)O)cc3C2(C)C)/C2CCC1N2C)=NCCCS(=O)(=O)O. The average molecular weight is 986 g/mol. The number of benzene rings is 2. The first kappa shape index (κ1) is 51.3. The predicted molar refractivity (Wildman–Crippen MR) is 247 cm³/mol. The molecule has 3 heterocycles. The zero-order valence-corrected chi connectivity index (χ0v) is 40.4. The summed E-state index contributed by atoms with van der Waals surface area (Å²) in [6.45, 7) is 9.23. The number of allylic oxidation sites excluding steroid dienone is 4. The molecular formula is C42H55N3O14S5. The van der Waals surface area contributed by atoms with E-state index < -0.39 is 68.8 Å². The first-order valence-electron chi connectivity index (χ1n) is 20.3. The Bertz CT molecular complexity index is 2790. The fourth-order valence-corrected chi connectivity index (χ4v) is 11.9. The number of carbonyl (C=O) groups is 1. The molecule has 0 spiro atoms. The second-order valence-electron chi connectivity index (χ2n) is 17.1. The number of aliphatic imine (C=N–C) groups is 1. The number of likely N-dealkylation sites (N-methyl/N-ethyl adjacent to an activating group) is 1. The molecule has 1 saturated heterocycles. The molecule has 0 aromatic heterocycles. The van der Waals surface area contributed by atoms with Crippen LogP contribution in [-0.4, -0.2) is 123 Å². The Hall–Kier alpha value is -3.71. The van der Waals surface area contributed by atoms with Crippen LogP contribution in [-0.2, 0) is 56.1 Å². The van der Waals surface area contributed by atoms with Gasteiger partial charge < -0.3 is 10.0 Å². The molecule has 352 valence electrons. The van der Waals surface area contributed by atoms with Crippen LogP contribution in [0.4, 0.5) is 5.69 Å². The Labute approximate surface area is 380 Å². The van der Waals surface area contributed by atoms with Crippen molar-refractivity contribution in [2.24, 2.45) is 4.99 Å². The van der Waals surface area contributed by atoms with E-state index in [0.29, 0.717) is 40.2 Å². The molecule has 2 aromatic rings. The molecule has 0 saturated carbocycles. The van der Waals surface area contributed by atoms with Crippen LogP contribution in [0, 0.1) is 6.92 Å². The fourth-order valence-electron chi connectivity index (χ4n) is 8.72. The topological polar surface area (TPSA) is 274 Å². The number of hydrogen-bond acceptors (Lipinski definition) is 13. The molecule has 2 atom stereocenters. The van der Waals surface area contributed by atoms with Crippen LogP contribution < -0.4 is 4.90 Å². The summed E-state index contributed by atoms with van der Waals surface area (Å²) in [5.41, 5.74) is 3.19. The third-order valence-corrected chi connectivity index (χ3v) is 16.4. The van der Waals surface area contributed by atoms with E-state index in [0.717, 1.165) is 22.5 Å². The minimum Gasteiger partial charge on any atom is -0.481 e. The quantitative estimate of drug-likeness (QED) is 0.0626. The number of thioether (sulfide) groups is 1. The van der Waals surface area contributed by atoms with Gasteiger partial charge in [0.2, 0.25) is 0 Å². The molecule has 0 amide bonds. The number of carboxylic acids is 1. The minimum atomic E-state index is -4.58. The summed E-state index contributed by atoms with van der Waals surface area (Å²) in [6, 6.07) is 8.14. The van der Waals surface area contributed by atoms with Gasteiger partial charge in [0.05, 0.1) is 27.7 Å². The van der Waals surface area contributed by atoms with Crippen molar-refractivity contribution in [1.29, 1.82) is 0 Å². The fraction of sp³-hybridized carbons (Fsp3) is 0.476. The maximum atomic E-state index is 12.2. The third-order valence-electron chi connectivity index (χ3n) is 12.0. The van der Waals surface area contributed by atoms with Crippen molar-refractivity contribution < 1.29 is 61.8 Å². The van der Waals surface area contributed by atoms with Crippen LogP contribution >= 0.6 is 11.8 Å². The number of nitrogens with zero attached hydrogens (tertiary/aromatic N) is 3. The van der Waals surface area contributed by atoms with Crippen molar-refractivity contribution >= 4 is 69.6 Å². The first-order valence-corrected chi connectivity index (χ1v) is 27.4. The van der Waals surface area contributed by atoms with Gasteiger partial charge in [0.15, 0.2) is 0 Å². The van der Waals surface area contributed by atoms with Gasteiger partial charge in [-0.25, -0.2) is 0 Å². The second-order valence-corrected chi connectivity index (χ2v) is 24.2. The summed E-state index contributed by atoms with van der Waals surface area (Å²) >= 11 is 1.36. The monoisotopic (exact) mass is 985 g/mol. The minimum absolute atomic E-state index is 0.0198. The number of fused-ring (bicyclic) bond motifs is 3. The zero-order valence-electron chi connectivity index (χ0n) is 36.3.